The molecule has 2 nitrogen and oxygen atoms in total. The first-order valence-corrected chi connectivity index (χ1v) is 12.6. The van der Waals surface area contributed by atoms with Crippen molar-refractivity contribution in [2.75, 3.05) is 18.0 Å². The Labute approximate surface area is 202 Å². The Morgan fingerprint density at radius 2 is 1.59 bits per heavy atom. The van der Waals surface area contributed by atoms with Gasteiger partial charge in [0.15, 0.2) is 0 Å². The Morgan fingerprint density at radius 3 is 2.35 bits per heavy atom. The standard InChI is InChI=1S/C32H30N2/c33-22-31-29(25-10-4-5-11-25)21-30-27-13-7-6-12-26(27)14-15-28(30)32(31)34-18-16-24(17-19-34)20-23-8-2-1-3-9-23/h1-13,21,24-25H,14-20H2. The second-order valence-electron chi connectivity index (χ2n) is 9.90. The van der Waals surface area contributed by atoms with Gasteiger partial charge in [0.2, 0.25) is 0 Å². The minimum absolute atomic E-state index is 0.184. The third kappa shape index (κ3) is 3.76. The molecule has 168 valence electrons. The zero-order valence-electron chi connectivity index (χ0n) is 19.6. The van der Waals surface area contributed by atoms with Crippen LogP contribution in [0.3, 0.4) is 0 Å². The SMILES string of the molecule is N#Cc1c(C2C=CC=C2)cc2c(c1N1CCC(Cc3ccccc3)CC1)CCc1ccccc1-2. The van der Waals surface area contributed by atoms with E-state index in [1.54, 1.807) is 0 Å². The van der Waals surface area contributed by atoms with Crippen LogP contribution < -0.4 is 4.90 Å². The van der Waals surface area contributed by atoms with Gasteiger partial charge in [0.1, 0.15) is 6.07 Å². The summed E-state index contributed by atoms with van der Waals surface area (Å²) in [6.07, 6.45) is 14.2. The maximum absolute atomic E-state index is 10.4. The molecule has 2 heteroatoms. The van der Waals surface area contributed by atoms with Crippen LogP contribution >= 0.6 is 0 Å². The number of hydrogen-bond acceptors (Lipinski definition) is 2. The second-order valence-corrected chi connectivity index (χ2v) is 9.90. The van der Waals surface area contributed by atoms with Crippen molar-refractivity contribution in [3.05, 3.63) is 113 Å². The van der Waals surface area contributed by atoms with Gasteiger partial charge < -0.3 is 4.90 Å². The number of allylic oxidation sites excluding steroid dienone is 4. The van der Waals surface area contributed by atoms with E-state index in [-0.39, 0.29) is 5.92 Å². The maximum atomic E-state index is 10.4. The summed E-state index contributed by atoms with van der Waals surface area (Å²) in [5, 5.41) is 10.4. The van der Waals surface area contributed by atoms with Crippen molar-refractivity contribution in [2.24, 2.45) is 5.92 Å². The Bertz CT molecular complexity index is 1290. The molecule has 0 unspecified atom stereocenters. The Morgan fingerprint density at radius 1 is 0.853 bits per heavy atom. The van der Waals surface area contributed by atoms with E-state index in [0.29, 0.717) is 5.92 Å². The first-order chi connectivity index (χ1) is 16.8. The molecule has 0 saturated carbocycles. The summed E-state index contributed by atoms with van der Waals surface area (Å²) in [6.45, 7) is 2.06. The Balaban J connectivity index is 1.39. The van der Waals surface area contributed by atoms with Crippen LogP contribution in [-0.2, 0) is 19.3 Å². The molecule has 34 heavy (non-hydrogen) atoms. The van der Waals surface area contributed by atoms with Crippen molar-refractivity contribution in [3.63, 3.8) is 0 Å². The summed E-state index contributed by atoms with van der Waals surface area (Å²) in [6, 6.07) is 24.7. The van der Waals surface area contributed by atoms with E-state index in [1.165, 1.54) is 46.3 Å². The van der Waals surface area contributed by atoms with Crippen LogP contribution in [0.5, 0.6) is 0 Å². The monoisotopic (exact) mass is 442 g/mol. The molecule has 2 aliphatic carbocycles. The van der Waals surface area contributed by atoms with Crippen molar-refractivity contribution in [1.82, 2.24) is 0 Å². The van der Waals surface area contributed by atoms with Crippen molar-refractivity contribution in [3.8, 4) is 17.2 Å². The molecular weight excluding hydrogens is 412 g/mol. The van der Waals surface area contributed by atoms with Gasteiger partial charge in [-0.2, -0.15) is 5.26 Å². The summed E-state index contributed by atoms with van der Waals surface area (Å²) in [5.41, 5.74) is 10.2. The predicted molar refractivity (Wildman–Crippen MR) is 140 cm³/mol. The number of nitrogens with zero attached hydrogens (tertiary/aromatic N) is 2. The third-order valence-corrected chi connectivity index (χ3v) is 7.91. The number of nitriles is 1. The van der Waals surface area contributed by atoms with E-state index in [2.05, 4.69) is 95.9 Å². The first kappa shape index (κ1) is 21.0. The lowest BCUT2D eigenvalue weighted by molar-refractivity contribution is 0.403. The van der Waals surface area contributed by atoms with Crippen molar-refractivity contribution < 1.29 is 0 Å². The van der Waals surface area contributed by atoms with E-state index in [4.69, 9.17) is 0 Å². The average Bonchev–Trinajstić information content (AvgIpc) is 3.43. The number of rotatable bonds is 4. The lowest BCUT2D eigenvalue weighted by Crippen LogP contribution is -2.36. The summed E-state index contributed by atoms with van der Waals surface area (Å²) < 4.78 is 0. The van der Waals surface area contributed by atoms with Gasteiger partial charge in [-0.05, 0) is 77.5 Å². The molecule has 0 N–H and O–H groups in total. The Hall–Kier alpha value is -3.57. The van der Waals surface area contributed by atoms with Crippen molar-refractivity contribution >= 4 is 5.69 Å². The lowest BCUT2D eigenvalue weighted by Gasteiger charge is -2.38. The van der Waals surface area contributed by atoms with Crippen molar-refractivity contribution in [1.29, 1.82) is 5.26 Å². The molecule has 3 aromatic rings. The van der Waals surface area contributed by atoms with E-state index >= 15 is 0 Å². The van der Waals surface area contributed by atoms with Crippen LogP contribution in [0.1, 0.15) is 46.6 Å². The predicted octanol–water partition coefficient (Wildman–Crippen LogP) is 6.99. The van der Waals surface area contributed by atoms with Crippen LogP contribution in [0.4, 0.5) is 5.69 Å². The molecule has 0 radical (unpaired) electrons. The van der Waals surface area contributed by atoms with Crippen LogP contribution in [-0.4, -0.2) is 13.1 Å². The number of benzene rings is 3. The molecule has 0 amide bonds. The van der Waals surface area contributed by atoms with Gasteiger partial charge in [-0.3, -0.25) is 0 Å². The molecule has 0 bridgehead atoms. The van der Waals surface area contributed by atoms with Crippen molar-refractivity contribution in [2.45, 2.75) is 38.0 Å². The second kappa shape index (κ2) is 8.99. The lowest BCUT2D eigenvalue weighted by atomic mass is 9.79. The molecule has 0 aromatic heterocycles. The average molecular weight is 443 g/mol. The molecular formula is C32H30N2. The highest BCUT2D eigenvalue weighted by molar-refractivity contribution is 5.84. The number of hydrogen-bond donors (Lipinski definition) is 0. The molecule has 1 fully saturated rings. The highest BCUT2D eigenvalue weighted by Crippen LogP contribution is 2.45. The number of fused-ring (bicyclic) bond motifs is 3. The molecule has 0 spiro atoms. The summed E-state index contributed by atoms with van der Waals surface area (Å²) in [7, 11) is 0. The minimum atomic E-state index is 0.184. The van der Waals surface area contributed by atoms with E-state index in [9.17, 15) is 5.26 Å². The van der Waals surface area contributed by atoms with Crippen LogP contribution in [0.25, 0.3) is 11.1 Å². The highest BCUT2D eigenvalue weighted by Gasteiger charge is 2.30. The number of piperidine rings is 1. The van der Waals surface area contributed by atoms with Crippen LogP contribution in [0.15, 0.2) is 85.0 Å². The molecule has 1 heterocycles. The molecule has 0 atom stereocenters. The molecule has 3 aromatic carbocycles. The first-order valence-electron chi connectivity index (χ1n) is 12.6. The maximum Gasteiger partial charge on any atom is 0.102 e. The topological polar surface area (TPSA) is 27.0 Å². The molecule has 6 rings (SSSR count). The van der Waals surface area contributed by atoms with Crippen LogP contribution in [0, 0.1) is 17.2 Å². The van der Waals surface area contributed by atoms with Gasteiger partial charge >= 0.3 is 0 Å². The van der Waals surface area contributed by atoms with Gasteiger partial charge in [-0.15, -0.1) is 0 Å². The molecule has 1 saturated heterocycles. The third-order valence-electron chi connectivity index (χ3n) is 7.91. The smallest absolute Gasteiger partial charge is 0.102 e. The quantitative estimate of drug-likeness (QED) is 0.435. The fraction of sp³-hybridized carbons (Fsp3) is 0.281. The minimum Gasteiger partial charge on any atom is -0.370 e. The van der Waals surface area contributed by atoms with E-state index < -0.39 is 0 Å². The van der Waals surface area contributed by atoms with E-state index in [1.807, 2.05) is 0 Å². The number of aryl methyl sites for hydroxylation is 1. The van der Waals surface area contributed by atoms with E-state index in [0.717, 1.165) is 43.5 Å². The van der Waals surface area contributed by atoms with Gasteiger partial charge in [0.25, 0.3) is 0 Å². The van der Waals surface area contributed by atoms with Crippen LogP contribution in [0.2, 0.25) is 0 Å². The fourth-order valence-electron chi connectivity index (χ4n) is 6.16. The van der Waals surface area contributed by atoms with Gasteiger partial charge in [-0.1, -0.05) is 78.9 Å². The highest BCUT2D eigenvalue weighted by atomic mass is 15.1. The zero-order valence-corrected chi connectivity index (χ0v) is 19.6. The zero-order chi connectivity index (χ0) is 22.9. The summed E-state index contributed by atoms with van der Waals surface area (Å²) >= 11 is 0. The van der Waals surface area contributed by atoms with Gasteiger partial charge in [0.05, 0.1) is 11.3 Å². The molecule has 3 aliphatic rings. The summed E-state index contributed by atoms with van der Waals surface area (Å²) in [4.78, 5) is 2.54. The number of anilines is 1. The normalized spacial score (nSPS) is 17.4. The van der Waals surface area contributed by atoms with Gasteiger partial charge in [0, 0.05) is 19.0 Å². The Kier molecular flexibility index (Phi) is 5.55. The summed E-state index contributed by atoms with van der Waals surface area (Å²) in [5.74, 6) is 0.896. The van der Waals surface area contributed by atoms with Gasteiger partial charge in [-0.25, -0.2) is 0 Å². The molecule has 1 aliphatic heterocycles. The largest absolute Gasteiger partial charge is 0.370 e. The fourth-order valence-corrected chi connectivity index (χ4v) is 6.16.